The summed E-state index contributed by atoms with van der Waals surface area (Å²) >= 11 is 1.78. The van der Waals surface area contributed by atoms with Crippen molar-refractivity contribution in [1.82, 2.24) is 0 Å². The van der Waals surface area contributed by atoms with Gasteiger partial charge in [-0.1, -0.05) is 13.0 Å². The molecule has 1 heterocycles. The van der Waals surface area contributed by atoms with Gasteiger partial charge in [-0.25, -0.2) is 0 Å². The monoisotopic (exact) mass is 150 g/mol. The highest BCUT2D eigenvalue weighted by Crippen LogP contribution is 2.22. The zero-order chi connectivity index (χ0) is 7.40. The first kappa shape index (κ1) is 7.37. The first-order valence-corrected chi connectivity index (χ1v) is 4.19. The van der Waals surface area contributed by atoms with Crippen molar-refractivity contribution < 1.29 is 0 Å². The summed E-state index contributed by atoms with van der Waals surface area (Å²) < 4.78 is 0. The number of terminal acetylenes is 1. The molecule has 1 aromatic heterocycles. The maximum Gasteiger partial charge on any atom is 0.0160 e. The summed E-state index contributed by atoms with van der Waals surface area (Å²) in [5.74, 6) is 3.19. The maximum atomic E-state index is 5.19. The van der Waals surface area contributed by atoms with Crippen LogP contribution < -0.4 is 0 Å². The first-order chi connectivity index (χ1) is 4.84. The summed E-state index contributed by atoms with van der Waals surface area (Å²) in [7, 11) is 0. The summed E-state index contributed by atoms with van der Waals surface area (Å²) in [4.78, 5) is 1.39. The van der Waals surface area contributed by atoms with Gasteiger partial charge in [0.1, 0.15) is 0 Å². The smallest absolute Gasteiger partial charge is 0.0160 e. The third-order valence-corrected chi connectivity index (χ3v) is 2.56. The Balaban J connectivity index is 2.61. The van der Waals surface area contributed by atoms with Crippen LogP contribution in [0.3, 0.4) is 0 Å². The van der Waals surface area contributed by atoms with E-state index in [0.717, 1.165) is 6.42 Å². The van der Waals surface area contributed by atoms with Crippen molar-refractivity contribution in [2.24, 2.45) is 0 Å². The molecule has 1 aromatic rings. The Kier molecular flexibility index (Phi) is 2.53. The molecule has 0 N–H and O–H groups in total. The van der Waals surface area contributed by atoms with Crippen molar-refractivity contribution in [3.63, 3.8) is 0 Å². The normalized spacial score (nSPS) is 12.4. The van der Waals surface area contributed by atoms with Gasteiger partial charge in [0, 0.05) is 17.2 Å². The third-order valence-electron chi connectivity index (χ3n) is 1.45. The van der Waals surface area contributed by atoms with Gasteiger partial charge in [-0.15, -0.1) is 23.7 Å². The van der Waals surface area contributed by atoms with Gasteiger partial charge in [-0.3, -0.25) is 0 Å². The predicted octanol–water partition coefficient (Wildman–Crippen LogP) is 2.87. The molecule has 0 fully saturated rings. The Hall–Kier alpha value is -0.740. The quantitative estimate of drug-likeness (QED) is 0.569. The van der Waals surface area contributed by atoms with Crippen molar-refractivity contribution in [2.45, 2.75) is 19.3 Å². The summed E-state index contributed by atoms with van der Waals surface area (Å²) in [6, 6.07) is 4.19. The minimum absolute atomic E-state index is 0.532. The van der Waals surface area contributed by atoms with Crippen LogP contribution in [0.25, 0.3) is 0 Å². The molecule has 0 aliphatic carbocycles. The molecule has 0 nitrogen and oxygen atoms in total. The highest BCUT2D eigenvalue weighted by atomic mass is 32.1. The van der Waals surface area contributed by atoms with Crippen molar-refractivity contribution in [2.75, 3.05) is 0 Å². The van der Waals surface area contributed by atoms with Crippen molar-refractivity contribution in [1.29, 1.82) is 0 Å². The van der Waals surface area contributed by atoms with Crippen molar-refractivity contribution in [3.8, 4) is 12.3 Å². The molecule has 0 aliphatic rings. The Morgan fingerprint density at radius 2 is 2.60 bits per heavy atom. The van der Waals surface area contributed by atoms with Crippen LogP contribution in [0.1, 0.15) is 24.1 Å². The zero-order valence-corrected chi connectivity index (χ0v) is 6.82. The summed E-state index contributed by atoms with van der Waals surface area (Å²) in [6.07, 6.45) is 6.04. The summed E-state index contributed by atoms with van der Waals surface area (Å²) in [6.45, 7) is 2.16. The molecule has 1 unspecified atom stereocenters. The van der Waals surface area contributed by atoms with E-state index < -0.39 is 0 Å². The van der Waals surface area contributed by atoms with Crippen LogP contribution in [0.4, 0.5) is 0 Å². The Morgan fingerprint density at radius 1 is 1.80 bits per heavy atom. The van der Waals surface area contributed by atoms with E-state index in [0.29, 0.717) is 5.92 Å². The minimum Gasteiger partial charge on any atom is -0.149 e. The molecule has 0 saturated carbocycles. The Labute approximate surface area is 65.9 Å². The lowest BCUT2D eigenvalue weighted by Gasteiger charge is -2.01. The van der Waals surface area contributed by atoms with Gasteiger partial charge >= 0.3 is 0 Å². The van der Waals surface area contributed by atoms with E-state index in [1.165, 1.54) is 4.88 Å². The second-order valence-corrected chi connectivity index (χ2v) is 3.30. The molecule has 0 bridgehead atoms. The van der Waals surface area contributed by atoms with Crippen LogP contribution in [-0.2, 0) is 0 Å². The lowest BCUT2D eigenvalue weighted by molar-refractivity contribution is 0.815. The highest BCUT2D eigenvalue weighted by molar-refractivity contribution is 7.10. The van der Waals surface area contributed by atoms with Crippen LogP contribution in [0.15, 0.2) is 17.5 Å². The minimum atomic E-state index is 0.532. The topological polar surface area (TPSA) is 0 Å². The molecule has 0 amide bonds. The lowest BCUT2D eigenvalue weighted by atomic mass is 10.1. The van der Waals surface area contributed by atoms with E-state index in [1.807, 2.05) is 0 Å². The van der Waals surface area contributed by atoms with Gasteiger partial charge in [-0.05, 0) is 11.4 Å². The number of hydrogen-bond donors (Lipinski definition) is 0. The van der Waals surface area contributed by atoms with Gasteiger partial charge in [0.25, 0.3) is 0 Å². The molecule has 1 heteroatoms. The molecule has 0 radical (unpaired) electrons. The molecule has 52 valence electrons. The average molecular weight is 150 g/mol. The van der Waals surface area contributed by atoms with E-state index in [4.69, 9.17) is 6.42 Å². The van der Waals surface area contributed by atoms with Gasteiger partial charge in [0.05, 0.1) is 0 Å². The molecular formula is C9H10S. The van der Waals surface area contributed by atoms with E-state index in [-0.39, 0.29) is 0 Å². The van der Waals surface area contributed by atoms with Crippen LogP contribution in [-0.4, -0.2) is 0 Å². The fraction of sp³-hybridized carbons (Fsp3) is 0.333. The number of rotatable bonds is 2. The average Bonchev–Trinajstić information content (AvgIpc) is 2.38. The van der Waals surface area contributed by atoms with Crippen LogP contribution in [0.5, 0.6) is 0 Å². The fourth-order valence-corrected chi connectivity index (χ4v) is 1.64. The van der Waals surface area contributed by atoms with Crippen LogP contribution in [0.2, 0.25) is 0 Å². The van der Waals surface area contributed by atoms with Gasteiger partial charge in [-0.2, -0.15) is 0 Å². The summed E-state index contributed by atoms with van der Waals surface area (Å²) in [5, 5.41) is 2.09. The van der Waals surface area contributed by atoms with Crippen molar-refractivity contribution >= 4 is 11.3 Å². The first-order valence-electron chi connectivity index (χ1n) is 3.31. The van der Waals surface area contributed by atoms with E-state index >= 15 is 0 Å². The van der Waals surface area contributed by atoms with E-state index in [1.54, 1.807) is 11.3 Å². The molecule has 10 heavy (non-hydrogen) atoms. The standard InChI is InChI=1S/C9H10S/c1-3-5-8(2)9-6-4-7-10-9/h1,4,6-8H,5H2,2H3. The Morgan fingerprint density at radius 3 is 3.10 bits per heavy atom. The van der Waals surface area contributed by atoms with E-state index in [2.05, 4.69) is 30.4 Å². The zero-order valence-electron chi connectivity index (χ0n) is 6.00. The van der Waals surface area contributed by atoms with Crippen LogP contribution in [0, 0.1) is 12.3 Å². The predicted molar refractivity (Wildman–Crippen MR) is 46.2 cm³/mol. The number of thiophene rings is 1. The van der Waals surface area contributed by atoms with Gasteiger partial charge in [0.2, 0.25) is 0 Å². The molecule has 0 spiro atoms. The molecular weight excluding hydrogens is 140 g/mol. The largest absolute Gasteiger partial charge is 0.149 e. The maximum absolute atomic E-state index is 5.19. The van der Waals surface area contributed by atoms with Crippen LogP contribution >= 0.6 is 11.3 Å². The number of hydrogen-bond acceptors (Lipinski definition) is 1. The molecule has 0 aliphatic heterocycles. The van der Waals surface area contributed by atoms with Crippen molar-refractivity contribution in [3.05, 3.63) is 22.4 Å². The molecule has 1 atom stereocenters. The van der Waals surface area contributed by atoms with E-state index in [9.17, 15) is 0 Å². The molecule has 0 saturated heterocycles. The highest BCUT2D eigenvalue weighted by Gasteiger charge is 2.02. The van der Waals surface area contributed by atoms with Gasteiger partial charge in [0.15, 0.2) is 0 Å². The SMILES string of the molecule is C#CCC(C)c1cccs1. The fourth-order valence-electron chi connectivity index (χ4n) is 0.849. The summed E-state index contributed by atoms with van der Waals surface area (Å²) in [5.41, 5.74) is 0. The molecule has 0 aromatic carbocycles. The second-order valence-electron chi connectivity index (χ2n) is 2.32. The second kappa shape index (κ2) is 3.43. The Bertz CT molecular complexity index is 215. The van der Waals surface area contributed by atoms with Gasteiger partial charge < -0.3 is 0 Å². The molecule has 1 rings (SSSR count). The third kappa shape index (κ3) is 1.62. The lowest BCUT2D eigenvalue weighted by Crippen LogP contribution is -1.85.